The van der Waals surface area contributed by atoms with E-state index in [1.54, 1.807) is 31.2 Å². The molecule has 0 saturated heterocycles. The monoisotopic (exact) mass is 607 g/mol. The third-order valence-electron chi connectivity index (χ3n) is 6.51. The Labute approximate surface area is 244 Å². The molecule has 3 rings (SSSR count). The zero-order chi connectivity index (χ0) is 29.4. The molecule has 0 spiro atoms. The van der Waals surface area contributed by atoms with Crippen molar-refractivity contribution in [2.45, 2.75) is 57.1 Å². The Morgan fingerprint density at radius 1 is 0.900 bits per heavy atom. The van der Waals surface area contributed by atoms with Crippen LogP contribution < -0.4 is 9.62 Å². The van der Waals surface area contributed by atoms with Crippen molar-refractivity contribution < 1.29 is 22.4 Å². The Balaban J connectivity index is 2.10. The molecule has 3 aromatic carbocycles. The lowest BCUT2D eigenvalue weighted by molar-refractivity contribution is -0.140. The van der Waals surface area contributed by atoms with Gasteiger partial charge in [-0.3, -0.25) is 13.9 Å². The van der Waals surface area contributed by atoms with Crippen molar-refractivity contribution in [3.8, 4) is 0 Å². The third kappa shape index (κ3) is 7.33. The molecule has 40 heavy (non-hydrogen) atoms. The van der Waals surface area contributed by atoms with Crippen molar-refractivity contribution >= 4 is 50.7 Å². The van der Waals surface area contributed by atoms with Gasteiger partial charge in [-0.05, 0) is 56.2 Å². The fourth-order valence-electron chi connectivity index (χ4n) is 4.10. The highest BCUT2D eigenvalue weighted by atomic mass is 35.5. The lowest BCUT2D eigenvalue weighted by Gasteiger charge is -2.34. The zero-order valence-electron chi connectivity index (χ0n) is 22.5. The van der Waals surface area contributed by atoms with Crippen LogP contribution in [0, 0.1) is 5.82 Å². The van der Waals surface area contributed by atoms with Gasteiger partial charge in [0.2, 0.25) is 11.8 Å². The quantitative estimate of drug-likeness (QED) is 0.271. The Bertz CT molecular complexity index is 1420. The molecule has 0 fully saturated rings. The van der Waals surface area contributed by atoms with Gasteiger partial charge in [0.1, 0.15) is 18.4 Å². The molecule has 2 atom stereocenters. The van der Waals surface area contributed by atoms with E-state index in [2.05, 4.69) is 5.32 Å². The van der Waals surface area contributed by atoms with Gasteiger partial charge in [-0.2, -0.15) is 0 Å². The van der Waals surface area contributed by atoms with E-state index in [0.29, 0.717) is 12.0 Å². The van der Waals surface area contributed by atoms with E-state index in [9.17, 15) is 22.4 Å². The highest BCUT2D eigenvalue weighted by Gasteiger charge is 2.35. The average Bonchev–Trinajstić information content (AvgIpc) is 2.93. The summed E-state index contributed by atoms with van der Waals surface area (Å²) in [6.45, 7) is 4.56. The van der Waals surface area contributed by atoms with Crippen LogP contribution in [0.5, 0.6) is 0 Å². The molecule has 0 radical (unpaired) electrons. The molecule has 0 heterocycles. The van der Waals surface area contributed by atoms with Gasteiger partial charge in [-0.1, -0.05) is 73.4 Å². The van der Waals surface area contributed by atoms with E-state index in [0.717, 1.165) is 10.4 Å². The summed E-state index contributed by atoms with van der Waals surface area (Å²) >= 11 is 12.8. The number of nitrogens with one attached hydrogen (secondary N) is 1. The second-order valence-electron chi connectivity index (χ2n) is 9.24. The fourth-order valence-corrected chi connectivity index (χ4v) is 6.06. The minimum absolute atomic E-state index is 0.117. The molecule has 1 N–H and O–H groups in total. The number of carbonyl (C=O) groups excluding carboxylic acids is 2. The van der Waals surface area contributed by atoms with Crippen molar-refractivity contribution in [1.82, 2.24) is 10.2 Å². The maximum absolute atomic E-state index is 15.0. The zero-order valence-corrected chi connectivity index (χ0v) is 24.8. The van der Waals surface area contributed by atoms with Gasteiger partial charge in [0.15, 0.2) is 0 Å². The van der Waals surface area contributed by atoms with E-state index < -0.39 is 40.2 Å². The summed E-state index contributed by atoms with van der Waals surface area (Å²) in [6.07, 6.45) is 0.893. The topological polar surface area (TPSA) is 86.8 Å². The van der Waals surface area contributed by atoms with Gasteiger partial charge >= 0.3 is 0 Å². The number of anilines is 1. The molecule has 11 heteroatoms. The number of hydrogen-bond acceptors (Lipinski definition) is 4. The van der Waals surface area contributed by atoms with Crippen molar-refractivity contribution in [2.24, 2.45) is 0 Å². The smallest absolute Gasteiger partial charge is 0.264 e. The average molecular weight is 609 g/mol. The fraction of sp³-hybridized carbons (Fsp3) is 0.310. The molecule has 0 bridgehead atoms. The van der Waals surface area contributed by atoms with Gasteiger partial charge in [0.05, 0.1) is 10.6 Å². The highest BCUT2D eigenvalue weighted by molar-refractivity contribution is 7.92. The third-order valence-corrected chi connectivity index (χ3v) is 8.99. The number of para-hydroxylation sites is 1. The van der Waals surface area contributed by atoms with Gasteiger partial charge in [0.25, 0.3) is 10.0 Å². The molecule has 0 aliphatic rings. The number of nitrogens with zero attached hydrogens (tertiary/aromatic N) is 2. The number of sulfonamides is 1. The SMILES string of the molecule is CCC(C)NC(=O)C(CC)N(Cc1c(Cl)cccc1Cl)C(=O)CN(c1ccccc1F)S(=O)(=O)c1ccccc1. The van der Waals surface area contributed by atoms with E-state index in [4.69, 9.17) is 23.2 Å². The Morgan fingerprint density at radius 2 is 1.50 bits per heavy atom. The number of carbonyl (C=O) groups is 2. The van der Waals surface area contributed by atoms with Crippen molar-refractivity contribution in [1.29, 1.82) is 0 Å². The van der Waals surface area contributed by atoms with Gasteiger partial charge in [-0.25, -0.2) is 12.8 Å². The van der Waals surface area contributed by atoms with Crippen LogP contribution in [-0.2, 0) is 26.2 Å². The first-order valence-corrected chi connectivity index (χ1v) is 15.1. The number of benzene rings is 3. The van der Waals surface area contributed by atoms with Crippen LogP contribution in [0.25, 0.3) is 0 Å². The highest BCUT2D eigenvalue weighted by Crippen LogP contribution is 2.29. The van der Waals surface area contributed by atoms with Crippen LogP contribution in [0.4, 0.5) is 10.1 Å². The summed E-state index contributed by atoms with van der Waals surface area (Å²) in [6, 6.07) is 16.5. The Morgan fingerprint density at radius 3 is 2.08 bits per heavy atom. The minimum atomic E-state index is -4.38. The van der Waals surface area contributed by atoms with E-state index >= 15 is 0 Å². The predicted octanol–water partition coefficient (Wildman–Crippen LogP) is 6.05. The Hall–Kier alpha value is -3.14. The maximum atomic E-state index is 15.0. The summed E-state index contributed by atoms with van der Waals surface area (Å²) in [7, 11) is -4.38. The first-order valence-electron chi connectivity index (χ1n) is 12.9. The van der Waals surface area contributed by atoms with Crippen molar-refractivity contribution in [3.63, 3.8) is 0 Å². The summed E-state index contributed by atoms with van der Waals surface area (Å²) in [5.41, 5.74) is 0.102. The van der Waals surface area contributed by atoms with Crippen LogP contribution in [0.3, 0.4) is 0 Å². The molecular weight excluding hydrogens is 576 g/mol. The van der Waals surface area contributed by atoms with E-state index in [-0.39, 0.29) is 39.6 Å². The molecule has 3 aromatic rings. The van der Waals surface area contributed by atoms with Crippen molar-refractivity contribution in [2.75, 3.05) is 10.8 Å². The molecule has 214 valence electrons. The molecule has 0 saturated carbocycles. The summed E-state index contributed by atoms with van der Waals surface area (Å²) < 4.78 is 43.2. The largest absolute Gasteiger partial charge is 0.352 e. The molecule has 0 aliphatic heterocycles. The second kappa shape index (κ2) is 14.0. The lowest BCUT2D eigenvalue weighted by atomic mass is 10.1. The van der Waals surface area contributed by atoms with Crippen LogP contribution in [0.2, 0.25) is 10.0 Å². The van der Waals surface area contributed by atoms with Crippen LogP contribution >= 0.6 is 23.2 Å². The molecule has 7 nitrogen and oxygen atoms in total. The van der Waals surface area contributed by atoms with Crippen LogP contribution in [0.15, 0.2) is 77.7 Å². The first-order chi connectivity index (χ1) is 19.0. The van der Waals surface area contributed by atoms with Crippen LogP contribution in [0.1, 0.15) is 39.2 Å². The summed E-state index contributed by atoms with van der Waals surface area (Å²) in [4.78, 5) is 28.5. The standard InChI is InChI=1S/C29H32Cl2FN3O4S/c1-4-20(3)33-29(37)26(5-2)34(18-22-23(30)14-11-15-24(22)31)28(36)19-35(27-17-10-9-16-25(27)32)40(38,39)21-12-7-6-8-13-21/h6-17,20,26H,4-5,18-19H2,1-3H3,(H,33,37). The number of rotatable bonds is 12. The normalized spacial score (nSPS) is 12.8. The van der Waals surface area contributed by atoms with Crippen molar-refractivity contribution in [3.05, 3.63) is 94.2 Å². The molecule has 2 unspecified atom stereocenters. The lowest BCUT2D eigenvalue weighted by Crippen LogP contribution is -2.53. The molecular formula is C29H32Cl2FN3O4S. The van der Waals surface area contributed by atoms with E-state index in [1.165, 1.54) is 47.4 Å². The minimum Gasteiger partial charge on any atom is -0.352 e. The van der Waals surface area contributed by atoms with Gasteiger partial charge in [0, 0.05) is 28.2 Å². The number of amides is 2. The van der Waals surface area contributed by atoms with E-state index in [1.807, 2.05) is 13.8 Å². The summed E-state index contributed by atoms with van der Waals surface area (Å²) in [5.74, 6) is -1.96. The molecule has 2 amide bonds. The molecule has 0 aromatic heterocycles. The Kier molecular flexibility index (Phi) is 11.0. The first kappa shape index (κ1) is 31.4. The second-order valence-corrected chi connectivity index (χ2v) is 11.9. The van der Waals surface area contributed by atoms with Gasteiger partial charge in [-0.15, -0.1) is 0 Å². The molecule has 0 aliphatic carbocycles. The van der Waals surface area contributed by atoms with Crippen LogP contribution in [-0.4, -0.2) is 43.8 Å². The van der Waals surface area contributed by atoms with Gasteiger partial charge < -0.3 is 10.2 Å². The maximum Gasteiger partial charge on any atom is 0.264 e. The predicted molar refractivity (Wildman–Crippen MR) is 156 cm³/mol. The number of hydrogen-bond donors (Lipinski definition) is 1. The summed E-state index contributed by atoms with van der Waals surface area (Å²) in [5, 5.41) is 3.46. The number of halogens is 3.